The molecule has 2 rings (SSSR count). The number of anilines is 1. The van der Waals surface area contributed by atoms with E-state index in [4.69, 9.17) is 5.73 Å². The third kappa shape index (κ3) is 4.30. The summed E-state index contributed by atoms with van der Waals surface area (Å²) in [5.74, 6) is 5.58. The maximum absolute atomic E-state index is 14.0. The van der Waals surface area contributed by atoms with Crippen molar-refractivity contribution >= 4 is 11.6 Å². The van der Waals surface area contributed by atoms with Gasteiger partial charge in [0.2, 0.25) is 5.91 Å². The quantitative estimate of drug-likeness (QED) is 0.822. The molecule has 112 valence electrons. The van der Waals surface area contributed by atoms with Gasteiger partial charge in [0.15, 0.2) is 0 Å². The summed E-state index contributed by atoms with van der Waals surface area (Å²) in [5.41, 5.74) is 6.06. The van der Waals surface area contributed by atoms with Gasteiger partial charge in [-0.2, -0.15) is 0 Å². The van der Waals surface area contributed by atoms with Crippen molar-refractivity contribution < 1.29 is 9.18 Å². The third-order valence-corrected chi connectivity index (χ3v) is 3.95. The molecule has 3 N–H and O–H groups in total. The molecule has 0 atom stereocenters. The largest absolute Gasteiger partial charge is 0.323 e. The zero-order chi connectivity index (χ0) is 15.2. The molecule has 0 heterocycles. The third-order valence-electron chi connectivity index (χ3n) is 3.95. The van der Waals surface area contributed by atoms with Crippen molar-refractivity contribution in [3.05, 3.63) is 29.6 Å². The van der Waals surface area contributed by atoms with Gasteiger partial charge in [0.25, 0.3) is 0 Å². The van der Waals surface area contributed by atoms with E-state index in [1.54, 1.807) is 12.1 Å². The molecule has 1 saturated carbocycles. The van der Waals surface area contributed by atoms with Crippen LogP contribution in [0.2, 0.25) is 0 Å². The van der Waals surface area contributed by atoms with Gasteiger partial charge in [-0.1, -0.05) is 18.8 Å². The van der Waals surface area contributed by atoms with Crippen LogP contribution in [0, 0.1) is 29.5 Å². The van der Waals surface area contributed by atoms with E-state index in [1.165, 1.54) is 6.07 Å². The van der Waals surface area contributed by atoms with Crippen LogP contribution in [0.4, 0.5) is 10.1 Å². The molecule has 1 aliphatic rings. The number of rotatable bonds is 2. The summed E-state index contributed by atoms with van der Waals surface area (Å²) in [7, 11) is 0. The highest BCUT2D eigenvalue weighted by Crippen LogP contribution is 2.29. The Hall–Kier alpha value is -1.86. The van der Waals surface area contributed by atoms with Gasteiger partial charge in [0.1, 0.15) is 5.82 Å². The van der Waals surface area contributed by atoms with Crippen LogP contribution in [-0.4, -0.2) is 12.5 Å². The zero-order valence-corrected chi connectivity index (χ0v) is 12.3. The Bertz CT molecular complexity index is 566. The number of nitrogens with one attached hydrogen (secondary N) is 1. The fourth-order valence-electron chi connectivity index (χ4n) is 2.60. The molecular formula is C17H21FN2O. The van der Waals surface area contributed by atoms with Crippen molar-refractivity contribution in [2.45, 2.75) is 32.6 Å². The van der Waals surface area contributed by atoms with Crippen LogP contribution < -0.4 is 11.1 Å². The molecule has 1 aromatic rings. The number of amides is 1. The molecule has 21 heavy (non-hydrogen) atoms. The van der Waals surface area contributed by atoms with Crippen LogP contribution in [-0.2, 0) is 4.79 Å². The summed E-state index contributed by atoms with van der Waals surface area (Å²) in [6, 6.07) is 4.56. The molecule has 0 bridgehead atoms. The van der Waals surface area contributed by atoms with E-state index in [0.717, 1.165) is 25.7 Å². The number of carbonyl (C=O) groups excluding carboxylic acids is 1. The minimum atomic E-state index is -0.462. The lowest BCUT2D eigenvalue weighted by atomic mass is 9.82. The summed E-state index contributed by atoms with van der Waals surface area (Å²) in [5, 5.41) is 2.69. The van der Waals surface area contributed by atoms with Gasteiger partial charge < -0.3 is 11.1 Å². The van der Waals surface area contributed by atoms with E-state index in [1.807, 2.05) is 0 Å². The Morgan fingerprint density at radius 2 is 2.10 bits per heavy atom. The lowest BCUT2D eigenvalue weighted by Crippen LogP contribution is -2.26. The molecule has 1 aromatic carbocycles. The monoisotopic (exact) mass is 288 g/mol. The Balaban J connectivity index is 2.01. The number of benzene rings is 1. The average Bonchev–Trinajstić information content (AvgIpc) is 2.48. The molecule has 0 radical (unpaired) electrons. The van der Waals surface area contributed by atoms with Crippen LogP contribution in [0.1, 0.15) is 38.2 Å². The van der Waals surface area contributed by atoms with Gasteiger partial charge in [0.05, 0.1) is 12.2 Å². The van der Waals surface area contributed by atoms with Gasteiger partial charge in [-0.15, -0.1) is 0 Å². The van der Waals surface area contributed by atoms with E-state index in [9.17, 15) is 9.18 Å². The van der Waals surface area contributed by atoms with Gasteiger partial charge in [-0.25, -0.2) is 4.39 Å². The molecule has 1 aliphatic carbocycles. The minimum Gasteiger partial charge on any atom is -0.323 e. The van der Waals surface area contributed by atoms with Crippen LogP contribution in [0.5, 0.6) is 0 Å². The number of halogens is 1. The lowest BCUT2D eigenvalue weighted by molar-refractivity contribution is -0.121. The Morgan fingerprint density at radius 3 is 2.71 bits per heavy atom. The van der Waals surface area contributed by atoms with Crippen molar-refractivity contribution in [2.24, 2.45) is 17.6 Å². The molecule has 3 nitrogen and oxygen atoms in total. The number of nitrogens with two attached hydrogens (primary N) is 1. The van der Waals surface area contributed by atoms with Crippen LogP contribution in [0.15, 0.2) is 18.2 Å². The Morgan fingerprint density at radius 1 is 1.38 bits per heavy atom. The van der Waals surface area contributed by atoms with Gasteiger partial charge in [-0.3, -0.25) is 4.79 Å². The minimum absolute atomic E-state index is 0.00249. The molecule has 0 unspecified atom stereocenters. The zero-order valence-electron chi connectivity index (χ0n) is 12.3. The second kappa shape index (κ2) is 7.24. The Kier molecular flexibility index (Phi) is 5.35. The van der Waals surface area contributed by atoms with Gasteiger partial charge >= 0.3 is 0 Å². The van der Waals surface area contributed by atoms with E-state index in [-0.39, 0.29) is 24.1 Å². The first-order valence-electron chi connectivity index (χ1n) is 7.39. The SMILES string of the molecule is CC1CCC(C(=O)Nc2ccc(C#CCN)cc2F)CC1. The van der Waals surface area contributed by atoms with Crippen molar-refractivity contribution in [1.82, 2.24) is 0 Å². The van der Waals surface area contributed by atoms with E-state index in [2.05, 4.69) is 24.1 Å². The molecule has 1 fully saturated rings. The highest BCUT2D eigenvalue weighted by molar-refractivity contribution is 5.92. The lowest BCUT2D eigenvalue weighted by Gasteiger charge is -2.25. The topological polar surface area (TPSA) is 55.1 Å². The summed E-state index contributed by atoms with van der Waals surface area (Å²) < 4.78 is 14.0. The second-order valence-corrected chi connectivity index (χ2v) is 5.65. The molecule has 0 saturated heterocycles. The van der Waals surface area contributed by atoms with Gasteiger partial charge in [-0.05, 0) is 49.8 Å². The number of carbonyl (C=O) groups is 1. The first-order valence-corrected chi connectivity index (χ1v) is 7.39. The predicted molar refractivity (Wildman–Crippen MR) is 82.1 cm³/mol. The first-order chi connectivity index (χ1) is 10.1. The van der Waals surface area contributed by atoms with Crippen molar-refractivity contribution in [3.8, 4) is 11.8 Å². The Labute approximate surface area is 125 Å². The van der Waals surface area contributed by atoms with Crippen molar-refractivity contribution in [3.63, 3.8) is 0 Å². The van der Waals surface area contributed by atoms with Crippen molar-refractivity contribution in [2.75, 3.05) is 11.9 Å². The summed E-state index contributed by atoms with van der Waals surface area (Å²) in [6.07, 6.45) is 3.89. The van der Waals surface area contributed by atoms with E-state index >= 15 is 0 Å². The second-order valence-electron chi connectivity index (χ2n) is 5.65. The summed E-state index contributed by atoms with van der Waals surface area (Å²) >= 11 is 0. The molecule has 0 aromatic heterocycles. The van der Waals surface area contributed by atoms with Crippen LogP contribution in [0.25, 0.3) is 0 Å². The standard InChI is InChI=1S/C17H21FN2O/c1-12-4-7-14(8-5-12)17(21)20-16-9-6-13(3-2-10-19)11-15(16)18/h6,9,11-12,14H,4-5,7-8,10,19H2,1H3,(H,20,21). The number of hydrogen-bond acceptors (Lipinski definition) is 2. The number of hydrogen-bond donors (Lipinski definition) is 2. The molecule has 0 spiro atoms. The molecular weight excluding hydrogens is 267 g/mol. The smallest absolute Gasteiger partial charge is 0.227 e. The van der Waals surface area contributed by atoms with E-state index < -0.39 is 5.82 Å². The maximum Gasteiger partial charge on any atom is 0.227 e. The highest BCUT2D eigenvalue weighted by atomic mass is 19.1. The van der Waals surface area contributed by atoms with Crippen LogP contribution >= 0.6 is 0 Å². The van der Waals surface area contributed by atoms with Gasteiger partial charge in [0, 0.05) is 11.5 Å². The summed E-state index contributed by atoms with van der Waals surface area (Å²) in [6.45, 7) is 2.44. The van der Waals surface area contributed by atoms with E-state index in [0.29, 0.717) is 11.5 Å². The van der Waals surface area contributed by atoms with Crippen molar-refractivity contribution in [1.29, 1.82) is 0 Å². The first kappa shape index (κ1) is 15.5. The normalized spacial score (nSPS) is 21.3. The highest BCUT2D eigenvalue weighted by Gasteiger charge is 2.24. The predicted octanol–water partition coefficient (Wildman–Crippen LogP) is 2.90. The fraction of sp³-hybridized carbons (Fsp3) is 0.471. The molecule has 0 aliphatic heterocycles. The fourth-order valence-corrected chi connectivity index (χ4v) is 2.60. The van der Waals surface area contributed by atoms with Crippen LogP contribution in [0.3, 0.4) is 0 Å². The average molecular weight is 288 g/mol. The molecule has 1 amide bonds. The summed E-state index contributed by atoms with van der Waals surface area (Å²) in [4.78, 5) is 12.2. The maximum atomic E-state index is 14.0. The molecule has 4 heteroatoms.